The average Bonchev–Trinajstić information content (AvgIpc) is 2.56. The number of morpholine rings is 1. The molecule has 6 heteroatoms. The van der Waals surface area contributed by atoms with Crippen molar-refractivity contribution < 1.29 is 19.4 Å². The zero-order valence-electron chi connectivity index (χ0n) is 14.6. The van der Waals surface area contributed by atoms with Crippen LogP contribution in [0.4, 0.5) is 0 Å². The zero-order chi connectivity index (χ0) is 17.8. The maximum absolute atomic E-state index is 12.4. The Kier molecular flexibility index (Phi) is 9.72. The van der Waals surface area contributed by atoms with Gasteiger partial charge in [-0.25, -0.2) is 0 Å². The lowest BCUT2D eigenvalue weighted by Crippen LogP contribution is -2.52. The van der Waals surface area contributed by atoms with Crippen LogP contribution in [0, 0.1) is 0 Å². The van der Waals surface area contributed by atoms with Crippen LogP contribution < -0.4 is 0 Å². The molecule has 0 bridgehead atoms. The van der Waals surface area contributed by atoms with Crippen molar-refractivity contribution in [1.29, 1.82) is 0 Å². The Balaban J connectivity index is 0.000000891. The summed E-state index contributed by atoms with van der Waals surface area (Å²) in [4.78, 5) is 24.9. The second-order valence-corrected chi connectivity index (χ2v) is 6.02. The van der Waals surface area contributed by atoms with E-state index in [2.05, 4.69) is 17.0 Å². The van der Waals surface area contributed by atoms with Gasteiger partial charge in [-0.2, -0.15) is 0 Å². The smallest absolute Gasteiger partial charge is 0.290 e. The van der Waals surface area contributed by atoms with Gasteiger partial charge in [-0.1, -0.05) is 30.3 Å². The molecule has 1 aromatic rings. The summed E-state index contributed by atoms with van der Waals surface area (Å²) in [6.07, 6.45) is 2.50. The van der Waals surface area contributed by atoms with E-state index in [9.17, 15) is 4.79 Å². The maximum atomic E-state index is 12.4. The largest absolute Gasteiger partial charge is 0.483 e. The van der Waals surface area contributed by atoms with Crippen LogP contribution in [0.2, 0.25) is 0 Å². The number of benzene rings is 1. The molecule has 0 saturated carbocycles. The Morgan fingerprint density at radius 3 is 2.67 bits per heavy atom. The van der Waals surface area contributed by atoms with E-state index in [-0.39, 0.29) is 18.4 Å². The Morgan fingerprint density at radius 1 is 1.38 bits per heavy atom. The molecule has 1 amide bonds. The molecule has 6 nitrogen and oxygen atoms in total. The molecule has 1 aliphatic rings. The molecule has 0 aliphatic carbocycles. The number of likely N-dealkylation sites (N-methyl/N-ethyl adjacent to an activating group) is 1. The van der Waals surface area contributed by atoms with Gasteiger partial charge in [-0.3, -0.25) is 9.59 Å². The summed E-state index contributed by atoms with van der Waals surface area (Å²) in [5.41, 5.74) is 1.30. The third kappa shape index (κ3) is 7.57. The molecule has 1 aliphatic heterocycles. The number of hydrogen-bond donors (Lipinski definition) is 1. The van der Waals surface area contributed by atoms with Gasteiger partial charge in [0.15, 0.2) is 0 Å². The monoisotopic (exact) mass is 336 g/mol. The van der Waals surface area contributed by atoms with Crippen LogP contribution in [-0.2, 0) is 20.7 Å². The lowest BCUT2D eigenvalue weighted by Gasteiger charge is -2.37. The third-order valence-electron chi connectivity index (χ3n) is 3.82. The fourth-order valence-electron chi connectivity index (χ4n) is 2.79. The van der Waals surface area contributed by atoms with Crippen molar-refractivity contribution in [1.82, 2.24) is 9.80 Å². The Labute approximate surface area is 144 Å². The zero-order valence-corrected chi connectivity index (χ0v) is 14.6. The highest BCUT2D eigenvalue weighted by Crippen LogP contribution is 2.12. The Bertz CT molecular complexity index is 479. The SMILES string of the molecule is CN(C)CC1COCCN1C(=O)CCCc1ccccc1.O=CO. The number of carboxylic acid groups (broad SMARTS) is 1. The van der Waals surface area contributed by atoms with Gasteiger partial charge < -0.3 is 19.6 Å². The number of rotatable bonds is 6. The molecule has 0 radical (unpaired) electrons. The van der Waals surface area contributed by atoms with E-state index in [1.165, 1.54) is 5.56 Å². The molecule has 1 atom stereocenters. The molecular formula is C18H28N2O4. The standard InChI is InChI=1S/C17H26N2O2.CH2O2/c1-18(2)13-16-14-21-12-11-19(16)17(20)10-6-9-15-7-4-3-5-8-15;2-1-3/h3-5,7-8,16H,6,9-14H2,1-2H3;1H,(H,2,3). The highest BCUT2D eigenvalue weighted by atomic mass is 16.5. The first-order valence-electron chi connectivity index (χ1n) is 8.22. The molecule has 0 spiro atoms. The summed E-state index contributed by atoms with van der Waals surface area (Å²) < 4.78 is 5.52. The number of nitrogens with zero attached hydrogens (tertiary/aromatic N) is 2. The van der Waals surface area contributed by atoms with Crippen molar-refractivity contribution in [3.63, 3.8) is 0 Å². The molecule has 134 valence electrons. The Morgan fingerprint density at radius 2 is 2.04 bits per heavy atom. The van der Waals surface area contributed by atoms with Gasteiger partial charge in [0, 0.05) is 19.5 Å². The van der Waals surface area contributed by atoms with Crippen LogP contribution in [0.5, 0.6) is 0 Å². The van der Waals surface area contributed by atoms with E-state index >= 15 is 0 Å². The minimum absolute atomic E-state index is 0.193. The van der Waals surface area contributed by atoms with Crippen molar-refractivity contribution in [2.75, 3.05) is 40.4 Å². The predicted octanol–water partition coefficient (Wildman–Crippen LogP) is 1.50. The fourth-order valence-corrected chi connectivity index (χ4v) is 2.79. The maximum Gasteiger partial charge on any atom is 0.290 e. The number of aryl methyl sites for hydroxylation is 1. The predicted molar refractivity (Wildman–Crippen MR) is 92.9 cm³/mol. The van der Waals surface area contributed by atoms with Gasteiger partial charge in [-0.05, 0) is 32.5 Å². The molecule has 1 heterocycles. The fraction of sp³-hybridized carbons (Fsp3) is 0.556. The second-order valence-electron chi connectivity index (χ2n) is 6.02. The highest BCUT2D eigenvalue weighted by Gasteiger charge is 2.27. The first kappa shape index (κ1) is 20.1. The number of carbonyl (C=O) groups is 2. The van der Waals surface area contributed by atoms with E-state index in [1.54, 1.807) is 0 Å². The molecular weight excluding hydrogens is 308 g/mol. The van der Waals surface area contributed by atoms with Gasteiger partial charge in [0.25, 0.3) is 6.47 Å². The molecule has 1 saturated heterocycles. The number of amides is 1. The summed E-state index contributed by atoms with van der Waals surface area (Å²) in [5.74, 6) is 0.265. The van der Waals surface area contributed by atoms with Crippen molar-refractivity contribution in [2.45, 2.75) is 25.3 Å². The van der Waals surface area contributed by atoms with Gasteiger partial charge in [0.05, 0.1) is 19.3 Å². The van der Waals surface area contributed by atoms with Crippen LogP contribution in [0.1, 0.15) is 18.4 Å². The first-order valence-corrected chi connectivity index (χ1v) is 8.22. The van der Waals surface area contributed by atoms with Crippen LogP contribution in [-0.4, -0.2) is 73.7 Å². The van der Waals surface area contributed by atoms with Crippen molar-refractivity contribution in [3.8, 4) is 0 Å². The minimum Gasteiger partial charge on any atom is -0.483 e. The van der Waals surface area contributed by atoms with E-state index in [1.807, 2.05) is 37.2 Å². The number of carbonyl (C=O) groups excluding carboxylic acids is 1. The molecule has 1 N–H and O–H groups in total. The highest BCUT2D eigenvalue weighted by molar-refractivity contribution is 5.76. The van der Waals surface area contributed by atoms with Crippen molar-refractivity contribution in [2.24, 2.45) is 0 Å². The van der Waals surface area contributed by atoms with Crippen LogP contribution in [0.25, 0.3) is 0 Å². The molecule has 1 fully saturated rings. The van der Waals surface area contributed by atoms with Gasteiger partial charge in [-0.15, -0.1) is 0 Å². The molecule has 2 rings (SSSR count). The first-order chi connectivity index (χ1) is 11.6. The summed E-state index contributed by atoms with van der Waals surface area (Å²) in [7, 11) is 4.07. The molecule has 1 aromatic carbocycles. The minimum atomic E-state index is -0.250. The lowest BCUT2D eigenvalue weighted by molar-refractivity contribution is -0.140. The summed E-state index contributed by atoms with van der Waals surface area (Å²) in [6, 6.07) is 10.5. The summed E-state index contributed by atoms with van der Waals surface area (Å²) in [6.45, 7) is 2.66. The van der Waals surface area contributed by atoms with Crippen molar-refractivity contribution >= 4 is 12.4 Å². The number of ether oxygens (including phenoxy) is 1. The third-order valence-corrected chi connectivity index (χ3v) is 3.82. The van der Waals surface area contributed by atoms with Crippen LogP contribution >= 0.6 is 0 Å². The average molecular weight is 336 g/mol. The second kappa shape index (κ2) is 11.6. The van der Waals surface area contributed by atoms with Gasteiger partial charge in [0.1, 0.15) is 0 Å². The summed E-state index contributed by atoms with van der Waals surface area (Å²) >= 11 is 0. The molecule has 0 aromatic heterocycles. The number of hydrogen-bond acceptors (Lipinski definition) is 4. The molecule has 24 heavy (non-hydrogen) atoms. The molecule has 1 unspecified atom stereocenters. The quantitative estimate of drug-likeness (QED) is 0.797. The van der Waals surface area contributed by atoms with Gasteiger partial charge >= 0.3 is 0 Å². The summed E-state index contributed by atoms with van der Waals surface area (Å²) in [5, 5.41) is 6.89. The van der Waals surface area contributed by atoms with Crippen molar-refractivity contribution in [3.05, 3.63) is 35.9 Å². The van der Waals surface area contributed by atoms with E-state index in [4.69, 9.17) is 14.6 Å². The van der Waals surface area contributed by atoms with Gasteiger partial charge in [0.2, 0.25) is 5.91 Å². The lowest BCUT2D eigenvalue weighted by atomic mass is 10.1. The van der Waals surface area contributed by atoms with E-state index < -0.39 is 0 Å². The topological polar surface area (TPSA) is 70.1 Å². The van der Waals surface area contributed by atoms with E-state index in [0.717, 1.165) is 25.9 Å². The van der Waals surface area contributed by atoms with E-state index in [0.29, 0.717) is 19.6 Å². The normalized spacial score (nSPS) is 17.1. The van der Waals surface area contributed by atoms with Crippen LogP contribution in [0.3, 0.4) is 0 Å². The van der Waals surface area contributed by atoms with Crippen LogP contribution in [0.15, 0.2) is 30.3 Å². The Hall–Kier alpha value is -1.92.